The van der Waals surface area contributed by atoms with Crippen molar-refractivity contribution in [2.75, 3.05) is 5.33 Å². The molecule has 3 fully saturated rings. The number of halogens is 1. The first-order valence-electron chi connectivity index (χ1n) is 12.1. The summed E-state index contributed by atoms with van der Waals surface area (Å²) in [4.78, 5) is 37.9. The molecule has 4 aliphatic carbocycles. The van der Waals surface area contributed by atoms with Crippen LogP contribution in [0.3, 0.4) is 0 Å². The summed E-state index contributed by atoms with van der Waals surface area (Å²) in [7, 11) is 0. The third kappa shape index (κ3) is 3.40. The molecule has 7 atom stereocenters. The lowest BCUT2D eigenvalue weighted by Crippen LogP contribution is -2.59. The molecule has 0 spiro atoms. The molecule has 4 nitrogen and oxygen atoms in total. The van der Waals surface area contributed by atoms with E-state index in [1.165, 1.54) is 5.57 Å². The normalized spacial score (nSPS) is 44.0. The number of fused-ring (bicyclic) bond motifs is 5. The van der Waals surface area contributed by atoms with Crippen LogP contribution in [0.25, 0.3) is 0 Å². The molecule has 0 heterocycles. The monoisotopic (exact) mass is 492 g/mol. The standard InChI is InChI=1S/C26H37BrO4/c1-16-14-19-20(24(3)10-7-18(29)15-22(16)24)8-11-25(4)21(19)9-12-26(25,17(2)28)31-23(30)6-5-13-27/h15-16,19-21H,5-14H2,1-4H3/t16?,19-,20+,21+,24-,25+,26+/m1/s1. The molecule has 5 heteroatoms. The minimum Gasteiger partial charge on any atom is -0.450 e. The Morgan fingerprint density at radius 2 is 1.87 bits per heavy atom. The molecule has 4 rings (SSSR count). The van der Waals surface area contributed by atoms with Gasteiger partial charge in [0.05, 0.1) is 0 Å². The number of Topliss-reactive ketones (excluding diaryl/α,β-unsaturated/α-hetero) is 1. The number of allylic oxidation sites excluding steroid dienone is 1. The Bertz CT molecular complexity index is 818. The van der Waals surface area contributed by atoms with Crippen LogP contribution in [0, 0.1) is 34.5 Å². The van der Waals surface area contributed by atoms with Crippen molar-refractivity contribution in [3.63, 3.8) is 0 Å². The van der Waals surface area contributed by atoms with E-state index >= 15 is 0 Å². The van der Waals surface area contributed by atoms with E-state index in [2.05, 4.69) is 36.7 Å². The predicted octanol–water partition coefficient (Wildman–Crippen LogP) is 5.81. The molecule has 172 valence electrons. The van der Waals surface area contributed by atoms with Gasteiger partial charge < -0.3 is 4.74 Å². The van der Waals surface area contributed by atoms with Crippen molar-refractivity contribution in [1.82, 2.24) is 0 Å². The largest absolute Gasteiger partial charge is 0.450 e. The Kier molecular flexibility index (Phi) is 6.07. The van der Waals surface area contributed by atoms with E-state index in [-0.39, 0.29) is 28.4 Å². The number of carbonyl (C=O) groups is 3. The van der Waals surface area contributed by atoms with Gasteiger partial charge in [-0.15, -0.1) is 0 Å². The molecule has 0 N–H and O–H groups in total. The molecule has 0 radical (unpaired) electrons. The van der Waals surface area contributed by atoms with Gasteiger partial charge in [0.2, 0.25) is 0 Å². The smallest absolute Gasteiger partial charge is 0.306 e. The summed E-state index contributed by atoms with van der Waals surface area (Å²) in [5, 5.41) is 0.758. The van der Waals surface area contributed by atoms with Crippen LogP contribution < -0.4 is 0 Å². The van der Waals surface area contributed by atoms with Gasteiger partial charge in [0.15, 0.2) is 17.2 Å². The van der Waals surface area contributed by atoms with Gasteiger partial charge in [-0.05, 0) is 87.0 Å². The molecule has 0 aromatic rings. The molecule has 0 amide bonds. The lowest BCUT2D eigenvalue weighted by Gasteiger charge is -2.60. The van der Waals surface area contributed by atoms with E-state index in [1.807, 2.05) is 6.08 Å². The Labute approximate surface area is 195 Å². The highest BCUT2D eigenvalue weighted by Crippen LogP contribution is 2.69. The SMILES string of the molecule is CC(=O)[C@@]1(OC(=O)CCCBr)CC[C@H]2[C@@H]3CC(C)C4=CC(=O)CC[C@]4(C)[C@H]3CC[C@@]21C. The van der Waals surface area contributed by atoms with Crippen molar-refractivity contribution < 1.29 is 19.1 Å². The first-order chi connectivity index (χ1) is 14.6. The summed E-state index contributed by atoms with van der Waals surface area (Å²) in [6.45, 7) is 8.51. The summed E-state index contributed by atoms with van der Waals surface area (Å²) in [6, 6.07) is 0. The zero-order chi connectivity index (χ0) is 22.6. The Balaban J connectivity index is 1.66. The fourth-order valence-electron chi connectivity index (χ4n) is 8.26. The molecule has 0 aromatic heterocycles. The van der Waals surface area contributed by atoms with Crippen molar-refractivity contribution >= 4 is 33.5 Å². The van der Waals surface area contributed by atoms with Crippen LogP contribution in [0.2, 0.25) is 0 Å². The molecular weight excluding hydrogens is 456 g/mol. The van der Waals surface area contributed by atoms with Crippen LogP contribution >= 0.6 is 15.9 Å². The summed E-state index contributed by atoms with van der Waals surface area (Å²) >= 11 is 3.38. The minimum absolute atomic E-state index is 0.0158. The second-order valence-corrected chi connectivity index (χ2v) is 11.9. The average molecular weight is 493 g/mol. The summed E-state index contributed by atoms with van der Waals surface area (Å²) in [5.41, 5.74) is 0.178. The van der Waals surface area contributed by atoms with Crippen LogP contribution in [-0.4, -0.2) is 28.5 Å². The van der Waals surface area contributed by atoms with E-state index in [0.29, 0.717) is 42.9 Å². The summed E-state index contributed by atoms with van der Waals surface area (Å²) in [6.07, 6.45) is 9.26. The van der Waals surface area contributed by atoms with E-state index in [4.69, 9.17) is 4.74 Å². The maximum Gasteiger partial charge on any atom is 0.306 e. The van der Waals surface area contributed by atoms with E-state index < -0.39 is 5.60 Å². The van der Waals surface area contributed by atoms with Gasteiger partial charge in [0, 0.05) is 23.6 Å². The molecule has 0 saturated heterocycles. The number of rotatable bonds is 5. The molecule has 0 bridgehead atoms. The summed E-state index contributed by atoms with van der Waals surface area (Å²) in [5.74, 6) is 1.91. The first-order valence-corrected chi connectivity index (χ1v) is 13.2. The quantitative estimate of drug-likeness (QED) is 0.358. The topological polar surface area (TPSA) is 60.4 Å². The Hall–Kier alpha value is -0.970. The molecule has 0 aliphatic heterocycles. The van der Waals surface area contributed by atoms with Gasteiger partial charge in [-0.25, -0.2) is 0 Å². The number of alkyl halides is 1. The molecule has 31 heavy (non-hydrogen) atoms. The third-order valence-corrected chi connectivity index (χ3v) is 10.3. The second-order valence-electron chi connectivity index (χ2n) is 11.1. The predicted molar refractivity (Wildman–Crippen MR) is 124 cm³/mol. The van der Waals surface area contributed by atoms with Crippen molar-refractivity contribution in [2.45, 2.75) is 91.1 Å². The highest BCUT2D eigenvalue weighted by molar-refractivity contribution is 9.09. The number of carbonyl (C=O) groups excluding carboxylic acids is 3. The fraction of sp³-hybridized carbons (Fsp3) is 0.808. The van der Waals surface area contributed by atoms with Gasteiger partial charge in [-0.3, -0.25) is 14.4 Å². The fourth-order valence-corrected chi connectivity index (χ4v) is 8.54. The highest BCUT2D eigenvalue weighted by atomic mass is 79.9. The minimum atomic E-state index is -0.977. The van der Waals surface area contributed by atoms with Crippen molar-refractivity contribution in [3.05, 3.63) is 11.6 Å². The van der Waals surface area contributed by atoms with E-state index in [0.717, 1.165) is 43.9 Å². The van der Waals surface area contributed by atoms with Crippen molar-refractivity contribution in [1.29, 1.82) is 0 Å². The number of ketones is 2. The van der Waals surface area contributed by atoms with Gasteiger partial charge in [0.25, 0.3) is 0 Å². The number of esters is 1. The van der Waals surface area contributed by atoms with E-state index in [1.54, 1.807) is 6.92 Å². The first kappa shape index (κ1) is 23.2. The van der Waals surface area contributed by atoms with Crippen molar-refractivity contribution in [2.24, 2.45) is 34.5 Å². The molecule has 1 unspecified atom stereocenters. The molecule has 4 aliphatic rings. The van der Waals surface area contributed by atoms with E-state index in [9.17, 15) is 14.4 Å². The van der Waals surface area contributed by atoms with Crippen molar-refractivity contribution in [3.8, 4) is 0 Å². The van der Waals surface area contributed by atoms with Gasteiger partial charge in [-0.2, -0.15) is 0 Å². The van der Waals surface area contributed by atoms with Gasteiger partial charge in [0.1, 0.15) is 0 Å². The molecule has 0 aromatic carbocycles. The van der Waals surface area contributed by atoms with Crippen LogP contribution in [0.5, 0.6) is 0 Å². The lowest BCUT2D eigenvalue weighted by atomic mass is 9.44. The number of ether oxygens (including phenoxy) is 1. The third-order valence-electron chi connectivity index (χ3n) is 9.77. The lowest BCUT2D eigenvalue weighted by molar-refractivity contribution is -0.189. The average Bonchev–Trinajstić information content (AvgIpc) is 3.01. The zero-order valence-corrected chi connectivity index (χ0v) is 21.1. The van der Waals surface area contributed by atoms with Crippen LogP contribution in [0.1, 0.15) is 85.5 Å². The Morgan fingerprint density at radius 1 is 1.16 bits per heavy atom. The number of hydrogen-bond donors (Lipinski definition) is 0. The van der Waals surface area contributed by atoms with Crippen LogP contribution in [0.15, 0.2) is 11.6 Å². The highest BCUT2D eigenvalue weighted by Gasteiger charge is 2.68. The Morgan fingerprint density at radius 3 is 2.55 bits per heavy atom. The maximum atomic E-state index is 13.1. The maximum absolute atomic E-state index is 13.1. The van der Waals surface area contributed by atoms with Crippen LogP contribution in [0.4, 0.5) is 0 Å². The zero-order valence-electron chi connectivity index (χ0n) is 19.5. The summed E-state index contributed by atoms with van der Waals surface area (Å²) < 4.78 is 6.12. The number of hydrogen-bond acceptors (Lipinski definition) is 4. The van der Waals surface area contributed by atoms with Gasteiger partial charge in [-0.1, -0.05) is 42.3 Å². The molecule has 3 saturated carbocycles. The second kappa shape index (κ2) is 8.11. The van der Waals surface area contributed by atoms with Crippen LogP contribution in [-0.2, 0) is 19.1 Å². The van der Waals surface area contributed by atoms with Gasteiger partial charge >= 0.3 is 5.97 Å². The molecular formula is C26H37BrO4.